The Kier molecular flexibility index (Phi) is 5.16. The number of rotatable bonds is 5. The van der Waals surface area contributed by atoms with Gasteiger partial charge in [-0.05, 0) is 55.1 Å². The SMILES string of the molecule is CCNC(Cc1c(C)cccc1C)c1ccncc1Cl. The average Bonchev–Trinajstić information content (AvgIpc) is 2.43. The van der Waals surface area contributed by atoms with Crippen molar-refractivity contribution >= 4 is 11.6 Å². The second-order valence-corrected chi connectivity index (χ2v) is 5.49. The Morgan fingerprint density at radius 3 is 2.50 bits per heavy atom. The van der Waals surface area contributed by atoms with Gasteiger partial charge in [0, 0.05) is 18.4 Å². The largest absolute Gasteiger partial charge is 0.310 e. The van der Waals surface area contributed by atoms with E-state index in [-0.39, 0.29) is 6.04 Å². The minimum Gasteiger partial charge on any atom is -0.310 e. The third kappa shape index (κ3) is 3.38. The molecule has 0 radical (unpaired) electrons. The number of pyridine rings is 1. The molecule has 1 atom stereocenters. The van der Waals surface area contributed by atoms with Crippen LogP contribution in [0.5, 0.6) is 0 Å². The molecule has 106 valence electrons. The van der Waals surface area contributed by atoms with E-state index in [1.54, 1.807) is 12.4 Å². The lowest BCUT2D eigenvalue weighted by Gasteiger charge is -2.21. The predicted octanol–water partition coefficient (Wildman–Crippen LogP) is 4.25. The summed E-state index contributed by atoms with van der Waals surface area (Å²) in [5, 5.41) is 4.26. The van der Waals surface area contributed by atoms with Gasteiger partial charge >= 0.3 is 0 Å². The van der Waals surface area contributed by atoms with E-state index in [0.717, 1.165) is 23.6 Å². The van der Waals surface area contributed by atoms with Crippen molar-refractivity contribution < 1.29 is 0 Å². The molecule has 20 heavy (non-hydrogen) atoms. The molecule has 2 rings (SSSR count). The maximum atomic E-state index is 6.30. The molecular weight excluding hydrogens is 268 g/mol. The summed E-state index contributed by atoms with van der Waals surface area (Å²) in [6, 6.07) is 8.66. The van der Waals surface area contributed by atoms with E-state index in [1.807, 2.05) is 6.07 Å². The lowest BCUT2D eigenvalue weighted by Crippen LogP contribution is -2.24. The fourth-order valence-corrected chi connectivity index (χ4v) is 2.83. The fourth-order valence-electron chi connectivity index (χ4n) is 2.58. The third-order valence-corrected chi connectivity index (χ3v) is 4.00. The highest BCUT2D eigenvalue weighted by atomic mass is 35.5. The van der Waals surface area contributed by atoms with Crippen molar-refractivity contribution in [2.45, 2.75) is 33.2 Å². The summed E-state index contributed by atoms with van der Waals surface area (Å²) in [5.74, 6) is 0. The molecule has 1 N–H and O–H groups in total. The Morgan fingerprint density at radius 2 is 1.90 bits per heavy atom. The van der Waals surface area contributed by atoms with E-state index in [4.69, 9.17) is 11.6 Å². The Morgan fingerprint density at radius 1 is 1.20 bits per heavy atom. The number of nitrogens with zero attached hydrogens (tertiary/aromatic N) is 1. The molecular formula is C17H21ClN2. The predicted molar refractivity (Wildman–Crippen MR) is 85.3 cm³/mol. The second kappa shape index (κ2) is 6.87. The number of benzene rings is 1. The molecule has 1 heterocycles. The molecule has 0 aliphatic heterocycles. The fraction of sp³-hybridized carbons (Fsp3) is 0.353. The van der Waals surface area contributed by atoms with E-state index in [2.05, 4.69) is 49.3 Å². The van der Waals surface area contributed by atoms with Crippen LogP contribution in [0.2, 0.25) is 5.02 Å². The normalized spacial score (nSPS) is 12.4. The van der Waals surface area contributed by atoms with Gasteiger partial charge in [-0.3, -0.25) is 4.98 Å². The van der Waals surface area contributed by atoms with Gasteiger partial charge in [-0.25, -0.2) is 0 Å². The van der Waals surface area contributed by atoms with Crippen LogP contribution in [0.3, 0.4) is 0 Å². The van der Waals surface area contributed by atoms with Crippen molar-refractivity contribution in [1.29, 1.82) is 0 Å². The number of likely N-dealkylation sites (N-methyl/N-ethyl adjacent to an activating group) is 1. The molecule has 0 amide bonds. The maximum absolute atomic E-state index is 6.30. The zero-order valence-corrected chi connectivity index (χ0v) is 13.0. The van der Waals surface area contributed by atoms with Crippen LogP contribution in [-0.4, -0.2) is 11.5 Å². The number of hydrogen-bond acceptors (Lipinski definition) is 2. The zero-order chi connectivity index (χ0) is 14.5. The molecule has 0 bridgehead atoms. The number of halogens is 1. The first-order chi connectivity index (χ1) is 9.63. The molecule has 3 heteroatoms. The Labute approximate surface area is 126 Å². The van der Waals surface area contributed by atoms with Crippen LogP contribution >= 0.6 is 11.6 Å². The maximum Gasteiger partial charge on any atom is 0.0637 e. The standard InChI is InChI=1S/C17H21ClN2/c1-4-20-17(14-8-9-19-11-16(14)18)10-15-12(2)6-5-7-13(15)3/h5-9,11,17,20H,4,10H2,1-3H3. The van der Waals surface area contributed by atoms with Crippen LogP contribution in [0.4, 0.5) is 0 Å². The molecule has 2 aromatic rings. The monoisotopic (exact) mass is 288 g/mol. The van der Waals surface area contributed by atoms with Gasteiger partial charge in [0.05, 0.1) is 5.02 Å². The average molecular weight is 289 g/mol. The van der Waals surface area contributed by atoms with Crippen molar-refractivity contribution in [3.05, 3.63) is 63.9 Å². The molecule has 0 saturated carbocycles. The Balaban J connectivity index is 2.33. The van der Waals surface area contributed by atoms with Gasteiger partial charge in [0.1, 0.15) is 0 Å². The summed E-state index contributed by atoms with van der Waals surface area (Å²) in [4.78, 5) is 4.07. The van der Waals surface area contributed by atoms with E-state index in [9.17, 15) is 0 Å². The summed E-state index contributed by atoms with van der Waals surface area (Å²) in [5.41, 5.74) is 5.17. The molecule has 0 spiro atoms. The molecule has 0 fully saturated rings. The van der Waals surface area contributed by atoms with Crippen LogP contribution in [0, 0.1) is 13.8 Å². The number of aromatic nitrogens is 1. The van der Waals surface area contributed by atoms with Crippen molar-refractivity contribution in [3.63, 3.8) is 0 Å². The first-order valence-corrected chi connectivity index (χ1v) is 7.39. The van der Waals surface area contributed by atoms with E-state index >= 15 is 0 Å². The number of aryl methyl sites for hydroxylation is 2. The lowest BCUT2D eigenvalue weighted by atomic mass is 9.93. The van der Waals surface area contributed by atoms with Crippen molar-refractivity contribution in [2.24, 2.45) is 0 Å². The molecule has 1 unspecified atom stereocenters. The van der Waals surface area contributed by atoms with Gasteiger partial charge in [0.2, 0.25) is 0 Å². The number of hydrogen-bond donors (Lipinski definition) is 1. The molecule has 0 aliphatic rings. The lowest BCUT2D eigenvalue weighted by molar-refractivity contribution is 0.547. The first-order valence-electron chi connectivity index (χ1n) is 7.01. The van der Waals surface area contributed by atoms with Gasteiger partial charge in [0.25, 0.3) is 0 Å². The van der Waals surface area contributed by atoms with Gasteiger partial charge in [-0.2, -0.15) is 0 Å². The zero-order valence-electron chi connectivity index (χ0n) is 12.3. The molecule has 1 aromatic carbocycles. The molecule has 1 aromatic heterocycles. The van der Waals surface area contributed by atoms with Crippen molar-refractivity contribution in [3.8, 4) is 0 Å². The summed E-state index contributed by atoms with van der Waals surface area (Å²) in [6.45, 7) is 7.36. The summed E-state index contributed by atoms with van der Waals surface area (Å²) in [7, 11) is 0. The van der Waals surface area contributed by atoms with Gasteiger partial charge in [0.15, 0.2) is 0 Å². The highest BCUT2D eigenvalue weighted by Gasteiger charge is 2.16. The van der Waals surface area contributed by atoms with Crippen LogP contribution in [-0.2, 0) is 6.42 Å². The Hall–Kier alpha value is -1.38. The van der Waals surface area contributed by atoms with Crippen LogP contribution in [0.25, 0.3) is 0 Å². The molecule has 0 aliphatic carbocycles. The quantitative estimate of drug-likeness (QED) is 0.890. The molecule has 0 saturated heterocycles. The smallest absolute Gasteiger partial charge is 0.0637 e. The van der Waals surface area contributed by atoms with Crippen molar-refractivity contribution in [2.75, 3.05) is 6.54 Å². The topological polar surface area (TPSA) is 24.9 Å². The van der Waals surface area contributed by atoms with E-state index < -0.39 is 0 Å². The molecule has 2 nitrogen and oxygen atoms in total. The van der Waals surface area contributed by atoms with Gasteiger partial charge in [-0.15, -0.1) is 0 Å². The number of nitrogens with one attached hydrogen (secondary N) is 1. The first kappa shape index (κ1) is 15.0. The summed E-state index contributed by atoms with van der Waals surface area (Å²) >= 11 is 6.30. The van der Waals surface area contributed by atoms with Gasteiger partial charge in [-0.1, -0.05) is 36.7 Å². The van der Waals surface area contributed by atoms with Crippen LogP contribution in [0.1, 0.15) is 35.2 Å². The van der Waals surface area contributed by atoms with Crippen LogP contribution < -0.4 is 5.32 Å². The van der Waals surface area contributed by atoms with E-state index in [1.165, 1.54) is 16.7 Å². The van der Waals surface area contributed by atoms with Crippen molar-refractivity contribution in [1.82, 2.24) is 10.3 Å². The highest BCUT2D eigenvalue weighted by molar-refractivity contribution is 6.31. The minimum atomic E-state index is 0.218. The minimum absolute atomic E-state index is 0.218. The van der Waals surface area contributed by atoms with E-state index in [0.29, 0.717) is 0 Å². The van der Waals surface area contributed by atoms with Crippen LogP contribution in [0.15, 0.2) is 36.7 Å². The second-order valence-electron chi connectivity index (χ2n) is 5.08. The summed E-state index contributed by atoms with van der Waals surface area (Å²) in [6.07, 6.45) is 4.46. The highest BCUT2D eigenvalue weighted by Crippen LogP contribution is 2.27. The summed E-state index contributed by atoms with van der Waals surface area (Å²) < 4.78 is 0. The Bertz CT molecular complexity index is 561. The van der Waals surface area contributed by atoms with Gasteiger partial charge < -0.3 is 5.32 Å². The third-order valence-electron chi connectivity index (χ3n) is 3.68.